The third-order valence-electron chi connectivity index (χ3n) is 4.40. The second-order valence-corrected chi connectivity index (χ2v) is 7.89. The quantitative estimate of drug-likeness (QED) is 0.272. The van der Waals surface area contributed by atoms with Crippen LogP contribution in [0.1, 0.15) is 18.1 Å². The van der Waals surface area contributed by atoms with Crippen molar-refractivity contribution in [2.45, 2.75) is 13.5 Å². The second-order valence-electron chi connectivity index (χ2n) is 6.62. The molecule has 32 heavy (non-hydrogen) atoms. The molecule has 0 heterocycles. The number of ether oxygens (including phenoxy) is 2. The van der Waals surface area contributed by atoms with Gasteiger partial charge in [-0.05, 0) is 48.9 Å². The number of nitrogens with one attached hydrogen (secondary N) is 1. The molecule has 0 aromatic heterocycles. The summed E-state index contributed by atoms with van der Waals surface area (Å²) in [6, 6.07) is 21.8. The minimum Gasteiger partial charge on any atom is -0.490 e. The lowest BCUT2D eigenvalue weighted by Crippen LogP contribution is -2.13. The van der Waals surface area contributed by atoms with Crippen LogP contribution in [0.4, 0.5) is 5.69 Å². The predicted octanol–water partition coefficient (Wildman–Crippen LogP) is 6.63. The van der Waals surface area contributed by atoms with Crippen LogP contribution in [0.15, 0.2) is 76.8 Å². The zero-order valence-electron chi connectivity index (χ0n) is 17.3. The number of para-hydroxylation sites is 1. The first kappa shape index (κ1) is 23.4. The lowest BCUT2D eigenvalue weighted by molar-refractivity contribution is -0.112. The Bertz CT molecular complexity index is 1170. The summed E-state index contributed by atoms with van der Waals surface area (Å²) in [6.07, 6.45) is 1.50. The molecule has 0 bridgehead atoms. The maximum Gasteiger partial charge on any atom is 0.266 e. The zero-order chi connectivity index (χ0) is 22.9. The van der Waals surface area contributed by atoms with Gasteiger partial charge >= 0.3 is 0 Å². The average Bonchev–Trinajstić information content (AvgIpc) is 2.79. The molecule has 7 heteroatoms. The normalized spacial score (nSPS) is 10.9. The molecule has 0 aliphatic rings. The van der Waals surface area contributed by atoms with Gasteiger partial charge in [-0.1, -0.05) is 63.9 Å². The number of halogens is 2. The molecule has 1 N–H and O–H groups in total. The molecule has 5 nitrogen and oxygen atoms in total. The minimum atomic E-state index is -0.498. The second kappa shape index (κ2) is 11.4. The number of nitriles is 1. The maximum absolute atomic E-state index is 12.5. The largest absolute Gasteiger partial charge is 0.490 e. The maximum atomic E-state index is 12.5. The Hall–Kier alpha value is -3.27. The Morgan fingerprint density at radius 2 is 1.78 bits per heavy atom. The molecule has 3 aromatic carbocycles. The Morgan fingerprint density at radius 1 is 1.09 bits per heavy atom. The topological polar surface area (TPSA) is 71.3 Å². The minimum absolute atomic E-state index is 0.0401. The van der Waals surface area contributed by atoms with Crippen molar-refractivity contribution in [2.24, 2.45) is 0 Å². The van der Waals surface area contributed by atoms with E-state index in [2.05, 4.69) is 21.2 Å². The van der Waals surface area contributed by atoms with Crippen LogP contribution in [0.25, 0.3) is 6.08 Å². The molecule has 0 aliphatic carbocycles. The van der Waals surface area contributed by atoms with Crippen molar-refractivity contribution < 1.29 is 14.3 Å². The molecule has 0 saturated carbocycles. The summed E-state index contributed by atoms with van der Waals surface area (Å²) in [5, 5.41) is 12.9. The van der Waals surface area contributed by atoms with Crippen LogP contribution in [0.5, 0.6) is 11.5 Å². The smallest absolute Gasteiger partial charge is 0.266 e. The van der Waals surface area contributed by atoms with Crippen molar-refractivity contribution in [1.29, 1.82) is 5.26 Å². The first-order valence-corrected chi connectivity index (χ1v) is 11.0. The summed E-state index contributed by atoms with van der Waals surface area (Å²) < 4.78 is 12.3. The molecule has 0 atom stereocenters. The van der Waals surface area contributed by atoms with E-state index in [4.69, 9.17) is 21.1 Å². The standard InChI is InChI=1S/C25H20BrClN2O3/c1-2-31-23-13-18(12-19(15-28)25(30)29-20-9-4-3-5-10-20)21(26)14-24(23)32-16-17-8-6-7-11-22(17)27/h3-14H,2,16H2,1H3,(H,29,30)/b19-12+. The summed E-state index contributed by atoms with van der Waals surface area (Å²) in [5.41, 5.74) is 2.03. The van der Waals surface area contributed by atoms with Gasteiger partial charge in [0, 0.05) is 20.7 Å². The third kappa shape index (κ3) is 6.13. The van der Waals surface area contributed by atoms with Gasteiger partial charge in [-0.2, -0.15) is 5.26 Å². The summed E-state index contributed by atoms with van der Waals surface area (Å²) in [4.78, 5) is 12.5. The van der Waals surface area contributed by atoms with E-state index >= 15 is 0 Å². The number of hydrogen-bond donors (Lipinski definition) is 1. The number of anilines is 1. The van der Waals surface area contributed by atoms with Gasteiger partial charge in [-0.15, -0.1) is 0 Å². The number of nitrogens with zero attached hydrogens (tertiary/aromatic N) is 1. The number of rotatable bonds is 8. The van der Waals surface area contributed by atoms with Gasteiger partial charge in [0.25, 0.3) is 5.91 Å². The predicted molar refractivity (Wildman–Crippen MR) is 130 cm³/mol. The number of amides is 1. The highest BCUT2D eigenvalue weighted by atomic mass is 79.9. The molecule has 1 amide bonds. The van der Waals surface area contributed by atoms with Crippen molar-refractivity contribution in [3.05, 3.63) is 92.9 Å². The lowest BCUT2D eigenvalue weighted by Gasteiger charge is -2.15. The molecule has 0 spiro atoms. The lowest BCUT2D eigenvalue weighted by atomic mass is 10.1. The number of carbonyl (C=O) groups is 1. The Kier molecular flexibility index (Phi) is 8.32. The molecule has 3 rings (SSSR count). The van der Waals surface area contributed by atoms with Gasteiger partial charge < -0.3 is 14.8 Å². The SMILES string of the molecule is CCOc1cc(/C=C(\C#N)C(=O)Nc2ccccc2)c(Br)cc1OCc1ccccc1Cl. The molecule has 0 aliphatic heterocycles. The average molecular weight is 512 g/mol. The molecule has 0 radical (unpaired) electrons. The van der Waals surface area contributed by atoms with E-state index < -0.39 is 5.91 Å². The van der Waals surface area contributed by atoms with Crippen molar-refractivity contribution in [3.63, 3.8) is 0 Å². The van der Waals surface area contributed by atoms with Gasteiger partial charge in [0.1, 0.15) is 18.2 Å². The Balaban J connectivity index is 1.86. The fourth-order valence-electron chi connectivity index (χ4n) is 2.84. The van der Waals surface area contributed by atoms with E-state index in [1.807, 2.05) is 37.3 Å². The van der Waals surface area contributed by atoms with Gasteiger partial charge in [-0.3, -0.25) is 4.79 Å². The molecule has 162 valence electrons. The van der Waals surface area contributed by atoms with Gasteiger partial charge in [-0.25, -0.2) is 0 Å². The third-order valence-corrected chi connectivity index (χ3v) is 5.46. The van der Waals surface area contributed by atoms with E-state index in [1.165, 1.54) is 6.08 Å². The van der Waals surface area contributed by atoms with Gasteiger partial charge in [0.05, 0.1) is 6.61 Å². The summed E-state index contributed by atoms with van der Waals surface area (Å²) in [7, 11) is 0. The van der Waals surface area contributed by atoms with Crippen molar-refractivity contribution in [2.75, 3.05) is 11.9 Å². The summed E-state index contributed by atoms with van der Waals surface area (Å²) in [6.45, 7) is 2.56. The number of carbonyl (C=O) groups excluding carboxylic acids is 1. The number of benzene rings is 3. The van der Waals surface area contributed by atoms with E-state index in [-0.39, 0.29) is 12.2 Å². The van der Waals surface area contributed by atoms with E-state index in [9.17, 15) is 10.1 Å². The molecular weight excluding hydrogens is 492 g/mol. The monoisotopic (exact) mass is 510 g/mol. The first-order valence-electron chi connectivity index (χ1n) is 9.82. The molecular formula is C25H20BrClN2O3. The van der Waals surface area contributed by atoms with Crippen molar-refractivity contribution in [3.8, 4) is 17.6 Å². The van der Waals surface area contributed by atoms with Gasteiger partial charge in [0.15, 0.2) is 11.5 Å². The molecule has 0 fully saturated rings. The van der Waals surface area contributed by atoms with Crippen LogP contribution in [-0.2, 0) is 11.4 Å². The zero-order valence-corrected chi connectivity index (χ0v) is 19.6. The summed E-state index contributed by atoms with van der Waals surface area (Å²) >= 11 is 9.71. The van der Waals surface area contributed by atoms with E-state index in [0.717, 1.165) is 5.56 Å². The van der Waals surface area contributed by atoms with E-state index in [0.29, 0.717) is 38.9 Å². The van der Waals surface area contributed by atoms with Crippen molar-refractivity contribution in [1.82, 2.24) is 0 Å². The van der Waals surface area contributed by atoms with Crippen LogP contribution < -0.4 is 14.8 Å². The fourth-order valence-corrected chi connectivity index (χ4v) is 3.46. The van der Waals surface area contributed by atoms with Crippen LogP contribution in [0, 0.1) is 11.3 Å². The highest BCUT2D eigenvalue weighted by Crippen LogP contribution is 2.36. The van der Waals surface area contributed by atoms with Crippen LogP contribution in [-0.4, -0.2) is 12.5 Å². The van der Waals surface area contributed by atoms with Gasteiger partial charge in [0.2, 0.25) is 0 Å². The Morgan fingerprint density at radius 3 is 2.47 bits per heavy atom. The van der Waals surface area contributed by atoms with Crippen molar-refractivity contribution >= 4 is 45.2 Å². The molecule has 3 aromatic rings. The summed E-state index contributed by atoms with van der Waals surface area (Å²) in [5.74, 6) is 0.514. The first-order chi connectivity index (χ1) is 15.5. The molecule has 0 unspecified atom stereocenters. The molecule has 0 saturated heterocycles. The Labute approximate surface area is 200 Å². The van der Waals surface area contributed by atoms with Crippen LogP contribution >= 0.6 is 27.5 Å². The number of hydrogen-bond acceptors (Lipinski definition) is 4. The fraction of sp³-hybridized carbons (Fsp3) is 0.120. The van der Waals surface area contributed by atoms with Crippen LogP contribution in [0.3, 0.4) is 0 Å². The highest BCUT2D eigenvalue weighted by molar-refractivity contribution is 9.10. The highest BCUT2D eigenvalue weighted by Gasteiger charge is 2.14. The van der Waals surface area contributed by atoms with Crippen LogP contribution in [0.2, 0.25) is 5.02 Å². The van der Waals surface area contributed by atoms with E-state index in [1.54, 1.807) is 42.5 Å².